The maximum Gasteiger partial charge on any atom is 0.418 e. The summed E-state index contributed by atoms with van der Waals surface area (Å²) < 4.78 is 41.6. The van der Waals surface area contributed by atoms with Crippen LogP contribution >= 0.6 is 0 Å². The van der Waals surface area contributed by atoms with E-state index in [-0.39, 0.29) is 17.5 Å². The molecule has 2 bridgehead atoms. The number of fused-ring (bicyclic) bond motifs is 3. The van der Waals surface area contributed by atoms with E-state index in [0.29, 0.717) is 31.1 Å². The van der Waals surface area contributed by atoms with Crippen molar-refractivity contribution < 1.29 is 26.6 Å². The van der Waals surface area contributed by atoms with Gasteiger partial charge in [-0.05, 0) is 50.6 Å². The number of nitrogens with one attached hydrogen (secondary N) is 2. The normalized spacial score (nSPS) is 28.5. The van der Waals surface area contributed by atoms with E-state index in [1.165, 1.54) is 0 Å². The Bertz CT molecular complexity index is 910. The van der Waals surface area contributed by atoms with Gasteiger partial charge in [-0.2, -0.15) is 13.5 Å². The molecule has 4 heterocycles. The Morgan fingerprint density at radius 3 is 2.83 bits per heavy atom. The van der Waals surface area contributed by atoms with Crippen LogP contribution in [0.15, 0.2) is 10.6 Å². The van der Waals surface area contributed by atoms with Crippen molar-refractivity contribution >= 4 is 16.4 Å². The number of amides is 2. The highest BCUT2D eigenvalue weighted by molar-refractivity contribution is 7.80. The van der Waals surface area contributed by atoms with Crippen LogP contribution in [0.2, 0.25) is 0 Å². The second-order valence-electron chi connectivity index (χ2n) is 8.81. The molecule has 1 aromatic rings. The molecule has 3 aliphatic heterocycles. The number of urea groups is 1. The van der Waals surface area contributed by atoms with E-state index in [9.17, 15) is 13.2 Å². The van der Waals surface area contributed by atoms with Crippen molar-refractivity contribution in [2.45, 2.75) is 56.7 Å². The molecule has 12 heteroatoms. The fourth-order valence-corrected chi connectivity index (χ4v) is 5.48. The summed E-state index contributed by atoms with van der Waals surface area (Å²) in [6.07, 6.45) is 5.38. The Labute approximate surface area is 175 Å². The van der Waals surface area contributed by atoms with E-state index in [2.05, 4.69) is 20.1 Å². The molecule has 1 aliphatic carbocycles. The Morgan fingerprint density at radius 1 is 1.37 bits per heavy atom. The average molecular weight is 442 g/mol. The molecule has 166 valence electrons. The number of nitrogens with zero attached hydrogens (tertiary/aromatic N) is 3. The number of rotatable bonds is 7. The highest BCUT2D eigenvalue weighted by atomic mass is 32.3. The number of aromatic nitrogens is 1. The van der Waals surface area contributed by atoms with Crippen molar-refractivity contribution in [1.29, 1.82) is 0 Å². The first-order valence-electron chi connectivity index (χ1n) is 10.5. The molecule has 3 saturated heterocycles. The van der Waals surface area contributed by atoms with Gasteiger partial charge in [-0.1, -0.05) is 5.16 Å². The predicted molar refractivity (Wildman–Crippen MR) is 103 cm³/mol. The first kappa shape index (κ1) is 20.2. The summed E-state index contributed by atoms with van der Waals surface area (Å²) >= 11 is 0. The minimum atomic E-state index is -4.77. The van der Waals surface area contributed by atoms with E-state index in [0.717, 1.165) is 56.1 Å². The third-order valence-corrected chi connectivity index (χ3v) is 7.25. The molecule has 2 amide bonds. The van der Waals surface area contributed by atoms with Gasteiger partial charge in [0.2, 0.25) is 0 Å². The number of piperidine rings is 2. The van der Waals surface area contributed by atoms with Gasteiger partial charge in [0, 0.05) is 31.6 Å². The van der Waals surface area contributed by atoms with Crippen LogP contribution in [0.4, 0.5) is 4.79 Å². The van der Waals surface area contributed by atoms with E-state index in [4.69, 9.17) is 9.08 Å². The average Bonchev–Trinajstić information content (AvgIpc) is 3.21. The SMILES string of the molecule is O=C1N2C[C@H](N1OS(=O)(=O)O)C1(CC1)C[C@H]2c1cc(CCNC2CCNCC2)on1. The number of hydroxylamine groups is 2. The van der Waals surface area contributed by atoms with Crippen LogP contribution in [0.1, 0.15) is 49.6 Å². The summed E-state index contributed by atoms with van der Waals surface area (Å²) in [6.45, 7) is 3.22. The van der Waals surface area contributed by atoms with Crippen LogP contribution in [0, 0.1) is 5.41 Å². The molecule has 0 aromatic carbocycles. The van der Waals surface area contributed by atoms with Gasteiger partial charge in [0.25, 0.3) is 0 Å². The fraction of sp³-hybridized carbons (Fsp3) is 0.778. The number of carbonyl (C=O) groups is 1. The second kappa shape index (κ2) is 7.45. The summed E-state index contributed by atoms with van der Waals surface area (Å²) in [5.41, 5.74) is 0.479. The van der Waals surface area contributed by atoms with E-state index >= 15 is 0 Å². The van der Waals surface area contributed by atoms with Crippen molar-refractivity contribution in [2.24, 2.45) is 5.41 Å². The van der Waals surface area contributed by atoms with E-state index in [1.54, 1.807) is 4.90 Å². The van der Waals surface area contributed by atoms with Crippen molar-refractivity contribution in [3.63, 3.8) is 0 Å². The smallest absolute Gasteiger partial charge is 0.361 e. The molecule has 30 heavy (non-hydrogen) atoms. The van der Waals surface area contributed by atoms with Crippen molar-refractivity contribution in [2.75, 3.05) is 26.2 Å². The predicted octanol–water partition coefficient (Wildman–Crippen LogP) is 0.624. The zero-order valence-corrected chi connectivity index (χ0v) is 17.4. The van der Waals surface area contributed by atoms with Gasteiger partial charge in [-0.15, -0.1) is 4.28 Å². The van der Waals surface area contributed by atoms with Crippen molar-refractivity contribution in [3.05, 3.63) is 17.5 Å². The maximum atomic E-state index is 12.8. The van der Waals surface area contributed by atoms with Gasteiger partial charge in [-0.3, -0.25) is 4.55 Å². The molecule has 0 unspecified atom stereocenters. The van der Waals surface area contributed by atoms with Crippen LogP contribution < -0.4 is 10.6 Å². The molecule has 11 nitrogen and oxygen atoms in total. The van der Waals surface area contributed by atoms with Gasteiger partial charge < -0.3 is 20.1 Å². The molecular weight excluding hydrogens is 414 g/mol. The zero-order valence-electron chi connectivity index (χ0n) is 16.6. The van der Waals surface area contributed by atoms with Gasteiger partial charge in [0.05, 0.1) is 12.1 Å². The first-order valence-corrected chi connectivity index (χ1v) is 11.9. The number of hydrogen-bond acceptors (Lipinski definition) is 8. The highest BCUT2D eigenvalue weighted by Crippen LogP contribution is 2.61. The maximum absolute atomic E-state index is 12.8. The third-order valence-electron chi connectivity index (χ3n) is 6.90. The molecule has 2 atom stereocenters. The number of hydrogen-bond donors (Lipinski definition) is 3. The molecule has 3 N–H and O–H groups in total. The minimum Gasteiger partial charge on any atom is -0.361 e. The molecule has 1 aromatic heterocycles. The topological polar surface area (TPSA) is 137 Å². The van der Waals surface area contributed by atoms with E-state index < -0.39 is 16.4 Å². The lowest BCUT2D eigenvalue weighted by Crippen LogP contribution is -2.43. The van der Waals surface area contributed by atoms with Gasteiger partial charge in [0.15, 0.2) is 0 Å². The molecule has 5 rings (SSSR count). The minimum absolute atomic E-state index is 0.201. The molecule has 1 saturated carbocycles. The summed E-state index contributed by atoms with van der Waals surface area (Å²) in [7, 11) is -4.77. The Kier molecular flexibility index (Phi) is 5.01. The lowest BCUT2D eigenvalue weighted by molar-refractivity contribution is -0.0527. The zero-order chi connectivity index (χ0) is 20.9. The van der Waals surface area contributed by atoms with Crippen LogP contribution in [-0.4, -0.2) is 72.4 Å². The lowest BCUT2D eigenvalue weighted by atomic mass is 9.84. The monoisotopic (exact) mass is 441 g/mol. The highest BCUT2D eigenvalue weighted by Gasteiger charge is 2.64. The van der Waals surface area contributed by atoms with Crippen molar-refractivity contribution in [3.8, 4) is 0 Å². The lowest BCUT2D eigenvalue weighted by Gasteiger charge is -2.35. The van der Waals surface area contributed by atoms with Crippen LogP contribution in [-0.2, 0) is 21.1 Å². The quantitative estimate of drug-likeness (QED) is 0.520. The van der Waals surface area contributed by atoms with Gasteiger partial charge >= 0.3 is 16.4 Å². The molecule has 4 fully saturated rings. The number of carbonyl (C=O) groups excluding carboxylic acids is 1. The van der Waals surface area contributed by atoms with Crippen molar-refractivity contribution in [1.82, 2.24) is 25.8 Å². The van der Waals surface area contributed by atoms with Crippen LogP contribution in [0.25, 0.3) is 0 Å². The largest absolute Gasteiger partial charge is 0.418 e. The third kappa shape index (κ3) is 3.82. The summed E-state index contributed by atoms with van der Waals surface area (Å²) in [4.78, 5) is 14.4. The fourth-order valence-electron chi connectivity index (χ4n) is 5.11. The molecule has 0 radical (unpaired) electrons. The molecule has 1 spiro atoms. The van der Waals surface area contributed by atoms with Crippen LogP contribution in [0.3, 0.4) is 0 Å². The second-order valence-corrected chi connectivity index (χ2v) is 9.81. The summed E-state index contributed by atoms with van der Waals surface area (Å²) in [5.74, 6) is 0.760. The van der Waals surface area contributed by atoms with Gasteiger partial charge in [-0.25, -0.2) is 4.79 Å². The molecular formula is C18H27N5O6S. The summed E-state index contributed by atoms with van der Waals surface area (Å²) in [5, 5.41) is 11.9. The molecule has 4 aliphatic rings. The van der Waals surface area contributed by atoms with E-state index in [1.807, 2.05) is 6.07 Å². The Morgan fingerprint density at radius 2 is 2.13 bits per heavy atom. The van der Waals surface area contributed by atoms with Crippen LogP contribution in [0.5, 0.6) is 0 Å². The van der Waals surface area contributed by atoms with Gasteiger partial charge in [0.1, 0.15) is 11.5 Å². The Hall–Kier alpha value is -1.73. The summed E-state index contributed by atoms with van der Waals surface area (Å²) in [6, 6.07) is 1.17. The Balaban J connectivity index is 1.26. The standard InChI is InChI=1S/C18H27N5O6S/c24-17-22-11-16(23(17)29-30(25,26)27)18(4-5-18)10-15(22)14-9-13(28-21-14)3-8-20-12-1-6-19-7-2-12/h9,12,15-16,19-20H,1-8,10-11H2,(H,25,26,27)/t15-,16-/m0/s1. The first-order chi connectivity index (χ1) is 14.3.